The highest BCUT2D eigenvalue weighted by molar-refractivity contribution is 5.94. The van der Waals surface area contributed by atoms with E-state index < -0.39 is 6.36 Å². The normalized spacial score (nSPS) is 11.4. The van der Waals surface area contributed by atoms with Crippen LogP contribution in [0.3, 0.4) is 0 Å². The highest BCUT2D eigenvalue weighted by Gasteiger charge is 2.30. The van der Waals surface area contributed by atoms with Crippen LogP contribution in [0.15, 0.2) is 79.3 Å². The van der Waals surface area contributed by atoms with E-state index in [-0.39, 0.29) is 5.75 Å². The second kappa shape index (κ2) is 7.19. The molecule has 0 bridgehead atoms. The second-order valence-corrected chi connectivity index (χ2v) is 6.03. The number of hydrogen-bond donors (Lipinski definition) is 1. The third-order valence-corrected chi connectivity index (χ3v) is 4.12. The standard InChI is InChI=1S/C21H14F3N3O/c22-21(23,24)28-17-6-4-14(5-7-17)15-8-11-26-20(12-15)27-19-3-1-2-16-13-25-10-9-18(16)19/h1-13H,(H,26,27). The van der Waals surface area contributed by atoms with E-state index in [0.717, 1.165) is 27.6 Å². The maximum Gasteiger partial charge on any atom is 0.573 e. The fraction of sp³-hybridized carbons (Fsp3) is 0.0476. The van der Waals surface area contributed by atoms with Gasteiger partial charge < -0.3 is 10.1 Å². The summed E-state index contributed by atoms with van der Waals surface area (Å²) in [5, 5.41) is 5.30. The first-order valence-electron chi connectivity index (χ1n) is 8.40. The maximum absolute atomic E-state index is 12.3. The van der Waals surface area contributed by atoms with Crippen molar-refractivity contribution in [1.29, 1.82) is 0 Å². The molecule has 0 fully saturated rings. The molecule has 0 atom stereocenters. The van der Waals surface area contributed by atoms with Gasteiger partial charge in [-0.1, -0.05) is 24.3 Å². The van der Waals surface area contributed by atoms with E-state index in [4.69, 9.17) is 0 Å². The number of pyridine rings is 2. The molecule has 2 aromatic heterocycles. The average Bonchev–Trinajstić information content (AvgIpc) is 2.68. The molecule has 0 amide bonds. The van der Waals surface area contributed by atoms with Crippen LogP contribution < -0.4 is 10.1 Å². The molecular formula is C21H14F3N3O. The van der Waals surface area contributed by atoms with Gasteiger partial charge in [-0.15, -0.1) is 13.2 Å². The maximum atomic E-state index is 12.3. The van der Waals surface area contributed by atoms with E-state index in [9.17, 15) is 13.2 Å². The summed E-state index contributed by atoms with van der Waals surface area (Å²) in [5.41, 5.74) is 2.46. The van der Waals surface area contributed by atoms with Crippen LogP contribution in [0.5, 0.6) is 5.75 Å². The van der Waals surface area contributed by atoms with E-state index in [1.165, 1.54) is 12.1 Å². The minimum atomic E-state index is -4.71. The number of anilines is 2. The number of ether oxygens (including phenoxy) is 1. The monoisotopic (exact) mass is 381 g/mol. The minimum Gasteiger partial charge on any atom is -0.406 e. The average molecular weight is 381 g/mol. The van der Waals surface area contributed by atoms with Crippen molar-refractivity contribution in [3.05, 3.63) is 79.3 Å². The van der Waals surface area contributed by atoms with E-state index in [1.54, 1.807) is 36.8 Å². The van der Waals surface area contributed by atoms with Gasteiger partial charge in [0.25, 0.3) is 0 Å². The molecular weight excluding hydrogens is 367 g/mol. The van der Waals surface area contributed by atoms with Crippen molar-refractivity contribution in [2.75, 3.05) is 5.32 Å². The summed E-state index contributed by atoms with van der Waals surface area (Å²) >= 11 is 0. The highest BCUT2D eigenvalue weighted by atomic mass is 19.4. The van der Waals surface area contributed by atoms with E-state index in [1.807, 2.05) is 30.3 Å². The smallest absolute Gasteiger partial charge is 0.406 e. The summed E-state index contributed by atoms with van der Waals surface area (Å²) in [7, 11) is 0. The summed E-state index contributed by atoms with van der Waals surface area (Å²) in [6.45, 7) is 0. The zero-order chi connectivity index (χ0) is 19.6. The molecule has 0 saturated heterocycles. The summed E-state index contributed by atoms with van der Waals surface area (Å²) < 4.78 is 40.8. The molecule has 0 aliphatic heterocycles. The predicted octanol–water partition coefficient (Wildman–Crippen LogP) is 5.94. The van der Waals surface area contributed by atoms with Crippen molar-refractivity contribution in [2.24, 2.45) is 0 Å². The predicted molar refractivity (Wildman–Crippen MR) is 101 cm³/mol. The Hall–Kier alpha value is -3.61. The Labute approximate surface area is 158 Å². The lowest BCUT2D eigenvalue weighted by Gasteiger charge is -2.11. The van der Waals surface area contributed by atoms with Gasteiger partial charge in [0.15, 0.2) is 0 Å². The second-order valence-electron chi connectivity index (χ2n) is 6.03. The molecule has 28 heavy (non-hydrogen) atoms. The molecule has 4 aromatic rings. The van der Waals surface area contributed by atoms with Crippen LogP contribution in [-0.4, -0.2) is 16.3 Å². The topological polar surface area (TPSA) is 47.0 Å². The molecule has 2 aromatic carbocycles. The number of rotatable bonds is 4. The molecule has 4 rings (SSSR count). The van der Waals surface area contributed by atoms with Crippen molar-refractivity contribution >= 4 is 22.3 Å². The molecule has 140 valence electrons. The number of nitrogens with one attached hydrogen (secondary N) is 1. The lowest BCUT2D eigenvalue weighted by Crippen LogP contribution is -2.16. The third-order valence-electron chi connectivity index (χ3n) is 4.12. The Kier molecular flexibility index (Phi) is 4.57. The molecule has 4 nitrogen and oxygen atoms in total. The number of benzene rings is 2. The van der Waals surface area contributed by atoms with Crippen molar-refractivity contribution in [3.63, 3.8) is 0 Å². The van der Waals surface area contributed by atoms with Crippen LogP contribution in [0, 0.1) is 0 Å². The first-order chi connectivity index (χ1) is 13.5. The fourth-order valence-corrected chi connectivity index (χ4v) is 2.90. The van der Waals surface area contributed by atoms with Gasteiger partial charge in [0.2, 0.25) is 0 Å². The van der Waals surface area contributed by atoms with Crippen LogP contribution in [0.4, 0.5) is 24.7 Å². The van der Waals surface area contributed by atoms with Gasteiger partial charge in [0, 0.05) is 35.1 Å². The Balaban J connectivity index is 1.59. The van der Waals surface area contributed by atoms with Gasteiger partial charge in [-0.05, 0) is 47.5 Å². The highest BCUT2D eigenvalue weighted by Crippen LogP contribution is 2.29. The van der Waals surface area contributed by atoms with Gasteiger partial charge in [0.1, 0.15) is 11.6 Å². The number of aromatic nitrogens is 2. The molecule has 0 saturated carbocycles. The molecule has 2 heterocycles. The van der Waals surface area contributed by atoms with E-state index in [2.05, 4.69) is 20.0 Å². The van der Waals surface area contributed by atoms with Gasteiger partial charge in [-0.2, -0.15) is 0 Å². The lowest BCUT2D eigenvalue weighted by atomic mass is 10.1. The zero-order valence-electron chi connectivity index (χ0n) is 14.4. The molecule has 0 spiro atoms. The van der Waals surface area contributed by atoms with Gasteiger partial charge in [-0.3, -0.25) is 4.98 Å². The summed E-state index contributed by atoms with van der Waals surface area (Å²) in [5.74, 6) is 0.366. The van der Waals surface area contributed by atoms with Crippen molar-refractivity contribution in [2.45, 2.75) is 6.36 Å². The van der Waals surface area contributed by atoms with Crippen molar-refractivity contribution in [3.8, 4) is 16.9 Å². The SMILES string of the molecule is FC(F)(F)Oc1ccc(-c2ccnc(Nc3cccc4cnccc34)c2)cc1. The van der Waals surface area contributed by atoms with Crippen LogP contribution in [0.25, 0.3) is 21.9 Å². The molecule has 0 aliphatic carbocycles. The molecule has 0 aliphatic rings. The Morgan fingerprint density at radius 2 is 1.68 bits per heavy atom. The minimum absolute atomic E-state index is 0.256. The number of alkyl halides is 3. The molecule has 0 radical (unpaired) electrons. The van der Waals surface area contributed by atoms with Gasteiger partial charge in [-0.25, -0.2) is 4.98 Å². The van der Waals surface area contributed by atoms with Crippen LogP contribution in [-0.2, 0) is 0 Å². The third kappa shape index (κ3) is 4.03. The van der Waals surface area contributed by atoms with Gasteiger partial charge in [0.05, 0.1) is 0 Å². The molecule has 7 heteroatoms. The Morgan fingerprint density at radius 3 is 2.46 bits per heavy atom. The summed E-state index contributed by atoms with van der Waals surface area (Å²) in [6.07, 6.45) is 0.449. The number of nitrogens with zero attached hydrogens (tertiary/aromatic N) is 2. The number of hydrogen-bond acceptors (Lipinski definition) is 4. The zero-order valence-corrected chi connectivity index (χ0v) is 14.4. The summed E-state index contributed by atoms with van der Waals surface area (Å²) in [6, 6.07) is 17.1. The van der Waals surface area contributed by atoms with Gasteiger partial charge >= 0.3 is 6.36 Å². The molecule has 1 N–H and O–H groups in total. The van der Waals surface area contributed by atoms with Crippen LogP contribution >= 0.6 is 0 Å². The van der Waals surface area contributed by atoms with Crippen LogP contribution in [0.2, 0.25) is 0 Å². The Bertz CT molecular complexity index is 1110. The van der Waals surface area contributed by atoms with Crippen LogP contribution in [0.1, 0.15) is 0 Å². The van der Waals surface area contributed by atoms with Crippen molar-refractivity contribution in [1.82, 2.24) is 9.97 Å². The first kappa shape index (κ1) is 17.8. The lowest BCUT2D eigenvalue weighted by molar-refractivity contribution is -0.274. The molecule has 0 unspecified atom stereocenters. The fourth-order valence-electron chi connectivity index (χ4n) is 2.90. The Morgan fingerprint density at radius 1 is 0.857 bits per heavy atom. The quantitative estimate of drug-likeness (QED) is 0.475. The largest absolute Gasteiger partial charge is 0.573 e. The first-order valence-corrected chi connectivity index (χ1v) is 8.40. The summed E-state index contributed by atoms with van der Waals surface area (Å²) in [4.78, 5) is 8.45. The van der Waals surface area contributed by atoms with E-state index >= 15 is 0 Å². The number of halogens is 3. The van der Waals surface area contributed by atoms with Crippen molar-refractivity contribution < 1.29 is 17.9 Å². The number of fused-ring (bicyclic) bond motifs is 1. The van der Waals surface area contributed by atoms with E-state index in [0.29, 0.717) is 5.82 Å².